The van der Waals surface area contributed by atoms with E-state index in [2.05, 4.69) is 15.9 Å². The third kappa shape index (κ3) is 2.82. The average molecular weight is 341 g/mol. The van der Waals surface area contributed by atoms with Gasteiger partial charge < -0.3 is 14.9 Å². The molecule has 106 valence electrons. The smallest absolute Gasteiger partial charge is 0.425 e. The molecule has 6 nitrogen and oxygen atoms in total. The van der Waals surface area contributed by atoms with E-state index in [-0.39, 0.29) is 5.82 Å². The lowest BCUT2D eigenvalue weighted by Gasteiger charge is -2.17. The maximum atomic E-state index is 12.2. The van der Waals surface area contributed by atoms with Crippen molar-refractivity contribution in [3.63, 3.8) is 0 Å². The van der Waals surface area contributed by atoms with Gasteiger partial charge in [-0.2, -0.15) is 4.79 Å². The number of ether oxygens (including phenoxy) is 1. The molecular weight excluding hydrogens is 328 g/mol. The Morgan fingerprint density at radius 3 is 2.55 bits per heavy atom. The van der Waals surface area contributed by atoms with Gasteiger partial charge in [-0.3, -0.25) is 0 Å². The molecule has 0 bridgehead atoms. The van der Waals surface area contributed by atoms with Crippen LogP contribution < -0.4 is 0 Å². The van der Waals surface area contributed by atoms with Gasteiger partial charge in [0.15, 0.2) is 0 Å². The van der Waals surface area contributed by atoms with E-state index < -0.39 is 16.6 Å². The van der Waals surface area contributed by atoms with Gasteiger partial charge in [-0.1, -0.05) is 15.9 Å². The van der Waals surface area contributed by atoms with E-state index in [0.29, 0.717) is 10.9 Å². The summed E-state index contributed by atoms with van der Waals surface area (Å²) >= 11 is 3.29. The third-order valence-electron chi connectivity index (χ3n) is 2.51. The molecule has 1 aromatic carbocycles. The van der Waals surface area contributed by atoms with Crippen LogP contribution in [0.4, 0.5) is 10.6 Å². The second-order valence-corrected chi connectivity index (χ2v) is 6.19. The van der Waals surface area contributed by atoms with Gasteiger partial charge in [0.1, 0.15) is 11.1 Å². The Kier molecular flexibility index (Phi) is 3.56. The summed E-state index contributed by atoms with van der Waals surface area (Å²) in [6.07, 6.45) is -0.762. The molecule has 7 heteroatoms. The Morgan fingerprint density at radius 1 is 1.35 bits per heavy atom. The normalized spacial score (nSPS) is 11.6. The lowest BCUT2D eigenvalue weighted by atomic mass is 10.2. The first-order chi connectivity index (χ1) is 9.19. The van der Waals surface area contributed by atoms with Crippen molar-refractivity contribution < 1.29 is 14.5 Å². The van der Waals surface area contributed by atoms with Crippen LogP contribution in [0.3, 0.4) is 0 Å². The summed E-state index contributed by atoms with van der Waals surface area (Å²) < 4.78 is 6.98. The minimum Gasteiger partial charge on any atom is -0.425 e. The SMILES string of the molecule is CC(C)(C)OC(=O)n1c([N+](=O)[O-])cc2cc(Br)ccc21. The Balaban J connectivity index is 2.63. The molecule has 0 saturated carbocycles. The van der Waals surface area contributed by atoms with Crippen molar-refractivity contribution >= 4 is 38.7 Å². The van der Waals surface area contributed by atoms with Crippen LogP contribution in [0.2, 0.25) is 0 Å². The number of aromatic nitrogens is 1. The van der Waals surface area contributed by atoms with Gasteiger partial charge in [-0.25, -0.2) is 0 Å². The van der Waals surface area contributed by atoms with Gasteiger partial charge in [0.25, 0.3) is 0 Å². The van der Waals surface area contributed by atoms with Gasteiger partial charge in [0.05, 0.1) is 0 Å². The largest absolute Gasteiger partial charge is 0.513 e. The van der Waals surface area contributed by atoms with Crippen LogP contribution in [0.25, 0.3) is 10.9 Å². The van der Waals surface area contributed by atoms with Crippen molar-refractivity contribution in [3.8, 4) is 0 Å². The monoisotopic (exact) mass is 340 g/mol. The van der Waals surface area contributed by atoms with Crippen LogP contribution in [-0.2, 0) is 4.74 Å². The molecule has 0 aliphatic heterocycles. The number of nitro groups is 1. The zero-order valence-corrected chi connectivity index (χ0v) is 12.8. The molecule has 2 rings (SSSR count). The number of hydrogen-bond acceptors (Lipinski definition) is 4. The summed E-state index contributed by atoms with van der Waals surface area (Å²) in [6.45, 7) is 5.12. The summed E-state index contributed by atoms with van der Waals surface area (Å²) in [6, 6.07) is 6.41. The fraction of sp³-hybridized carbons (Fsp3) is 0.308. The highest BCUT2D eigenvalue weighted by Crippen LogP contribution is 2.28. The molecule has 0 unspecified atom stereocenters. The zero-order valence-electron chi connectivity index (χ0n) is 11.2. The van der Waals surface area contributed by atoms with Crippen molar-refractivity contribution in [2.24, 2.45) is 0 Å². The summed E-state index contributed by atoms with van der Waals surface area (Å²) in [5.74, 6) is -0.313. The van der Waals surface area contributed by atoms with Gasteiger partial charge in [-0.05, 0) is 43.9 Å². The molecule has 1 heterocycles. The maximum absolute atomic E-state index is 12.2. The van der Waals surface area contributed by atoms with Gasteiger partial charge in [0.2, 0.25) is 0 Å². The van der Waals surface area contributed by atoms with Crippen molar-refractivity contribution in [2.75, 3.05) is 0 Å². The van der Waals surface area contributed by atoms with E-state index in [1.54, 1.807) is 39.0 Å². The summed E-state index contributed by atoms with van der Waals surface area (Å²) in [5, 5.41) is 11.7. The lowest BCUT2D eigenvalue weighted by molar-refractivity contribution is -0.390. The number of fused-ring (bicyclic) bond motifs is 1. The topological polar surface area (TPSA) is 74.4 Å². The molecular formula is C13H13BrN2O4. The van der Waals surface area contributed by atoms with Crippen molar-refractivity contribution in [1.29, 1.82) is 0 Å². The van der Waals surface area contributed by atoms with E-state index in [9.17, 15) is 14.9 Å². The Hall–Kier alpha value is -1.89. The van der Waals surface area contributed by atoms with Crippen LogP contribution in [0.1, 0.15) is 20.8 Å². The second-order valence-electron chi connectivity index (χ2n) is 5.28. The lowest BCUT2D eigenvalue weighted by Crippen LogP contribution is -2.27. The minimum atomic E-state index is -0.762. The van der Waals surface area contributed by atoms with Crippen molar-refractivity contribution in [3.05, 3.63) is 38.9 Å². The molecule has 0 fully saturated rings. The molecule has 0 spiro atoms. The number of carbonyl (C=O) groups excluding carboxylic acids is 1. The number of carbonyl (C=O) groups is 1. The first-order valence-electron chi connectivity index (χ1n) is 5.88. The highest BCUT2D eigenvalue weighted by Gasteiger charge is 2.29. The van der Waals surface area contributed by atoms with Crippen molar-refractivity contribution in [2.45, 2.75) is 26.4 Å². The number of hydrogen-bond donors (Lipinski definition) is 0. The first kappa shape index (κ1) is 14.5. The molecule has 0 aliphatic carbocycles. The number of benzene rings is 1. The highest BCUT2D eigenvalue weighted by molar-refractivity contribution is 9.10. The van der Waals surface area contributed by atoms with Crippen LogP contribution >= 0.6 is 15.9 Å². The Morgan fingerprint density at radius 2 is 2.00 bits per heavy atom. The molecule has 1 aromatic heterocycles. The fourth-order valence-electron chi connectivity index (χ4n) is 1.81. The molecule has 0 atom stereocenters. The van der Waals surface area contributed by atoms with Crippen LogP contribution in [-0.4, -0.2) is 21.2 Å². The number of nitrogens with zero attached hydrogens (tertiary/aromatic N) is 2. The summed E-state index contributed by atoms with van der Waals surface area (Å²) in [4.78, 5) is 22.7. The predicted molar refractivity (Wildman–Crippen MR) is 77.9 cm³/mol. The van der Waals surface area contributed by atoms with Gasteiger partial charge >= 0.3 is 11.9 Å². The Labute approximate surface area is 123 Å². The van der Waals surface area contributed by atoms with Crippen LogP contribution in [0.15, 0.2) is 28.7 Å². The Bertz CT molecular complexity index is 700. The molecule has 0 amide bonds. The van der Waals surface area contributed by atoms with E-state index in [1.807, 2.05) is 0 Å². The standard InChI is InChI=1S/C13H13BrN2O4/c1-13(2,3)20-12(17)15-10-5-4-9(14)6-8(10)7-11(15)16(18)19/h4-7H,1-3H3. The molecule has 0 aliphatic rings. The van der Waals surface area contributed by atoms with E-state index in [1.165, 1.54) is 6.07 Å². The molecule has 0 N–H and O–H groups in total. The molecule has 0 radical (unpaired) electrons. The minimum absolute atomic E-state index is 0.313. The second kappa shape index (κ2) is 4.90. The van der Waals surface area contributed by atoms with Gasteiger partial charge in [0, 0.05) is 15.9 Å². The van der Waals surface area contributed by atoms with Crippen LogP contribution in [0, 0.1) is 10.1 Å². The molecule has 0 saturated heterocycles. The zero-order chi connectivity index (χ0) is 15.1. The molecule has 2 aromatic rings. The molecule has 20 heavy (non-hydrogen) atoms. The maximum Gasteiger partial charge on any atom is 0.513 e. The first-order valence-corrected chi connectivity index (χ1v) is 6.67. The average Bonchev–Trinajstić information content (AvgIpc) is 2.64. The number of rotatable bonds is 1. The third-order valence-corrected chi connectivity index (χ3v) is 3.00. The van der Waals surface area contributed by atoms with E-state index >= 15 is 0 Å². The summed E-state index contributed by atoms with van der Waals surface area (Å²) in [7, 11) is 0. The predicted octanol–water partition coefficient (Wildman–Crippen LogP) is 4.10. The highest BCUT2D eigenvalue weighted by atomic mass is 79.9. The fourth-order valence-corrected chi connectivity index (χ4v) is 2.18. The van der Waals surface area contributed by atoms with Gasteiger partial charge in [-0.15, -0.1) is 4.57 Å². The summed E-state index contributed by atoms with van der Waals surface area (Å²) in [5.41, 5.74) is -0.286. The van der Waals surface area contributed by atoms with Crippen LogP contribution in [0.5, 0.6) is 0 Å². The van der Waals surface area contributed by atoms with E-state index in [4.69, 9.17) is 4.74 Å². The van der Waals surface area contributed by atoms with E-state index in [0.717, 1.165) is 9.04 Å². The van der Waals surface area contributed by atoms with Crippen molar-refractivity contribution in [1.82, 2.24) is 4.57 Å². The number of halogens is 1. The quantitative estimate of drug-likeness (QED) is 0.578.